The molecule has 1 aliphatic rings. The number of benzene rings is 1. The third-order valence-corrected chi connectivity index (χ3v) is 4.10. The predicted octanol–water partition coefficient (Wildman–Crippen LogP) is 1.72. The highest BCUT2D eigenvalue weighted by Gasteiger charge is 2.11. The van der Waals surface area contributed by atoms with E-state index in [1.807, 2.05) is 6.07 Å². The Hall–Kier alpha value is -1.17. The van der Waals surface area contributed by atoms with Gasteiger partial charge in [-0.05, 0) is 24.7 Å². The molecule has 1 aromatic carbocycles. The first-order chi connectivity index (χ1) is 10.3. The van der Waals surface area contributed by atoms with E-state index in [-0.39, 0.29) is 0 Å². The lowest BCUT2D eigenvalue weighted by molar-refractivity contribution is 0.0388. The maximum absolute atomic E-state index is 5.51. The van der Waals surface area contributed by atoms with Crippen molar-refractivity contribution in [1.29, 1.82) is 0 Å². The number of ether oxygens (including phenoxy) is 1. The normalized spacial score (nSPS) is 15.7. The van der Waals surface area contributed by atoms with Crippen LogP contribution in [-0.4, -0.2) is 60.8 Å². The van der Waals surface area contributed by atoms with Crippen LogP contribution < -0.4 is 5.32 Å². The second kappa shape index (κ2) is 8.97. The van der Waals surface area contributed by atoms with E-state index in [4.69, 9.17) is 17.0 Å². The molecular weight excluding hydrogens is 282 g/mol. The molecule has 1 heterocycles. The first kappa shape index (κ1) is 16.2. The Kier molecular flexibility index (Phi) is 6.92. The van der Waals surface area contributed by atoms with Crippen LogP contribution in [0.3, 0.4) is 0 Å². The molecule has 0 aliphatic carbocycles. The number of hydrogen-bond acceptors (Lipinski definition) is 3. The van der Waals surface area contributed by atoms with E-state index in [2.05, 4.69) is 46.3 Å². The average molecular weight is 307 g/mol. The molecule has 116 valence electrons. The summed E-state index contributed by atoms with van der Waals surface area (Å²) >= 11 is 5.51. The van der Waals surface area contributed by atoms with E-state index in [1.54, 1.807) is 0 Å². The van der Waals surface area contributed by atoms with Crippen molar-refractivity contribution in [2.24, 2.45) is 0 Å². The SMILES string of the molecule is CCN(Cc1ccccc1)C(=S)NCCN1CCOCC1. The number of nitrogens with zero attached hydrogens (tertiary/aromatic N) is 2. The van der Waals surface area contributed by atoms with E-state index in [9.17, 15) is 0 Å². The quantitative estimate of drug-likeness (QED) is 0.808. The van der Waals surface area contributed by atoms with Gasteiger partial charge < -0.3 is 15.0 Å². The van der Waals surface area contributed by atoms with Crippen LogP contribution in [0.2, 0.25) is 0 Å². The lowest BCUT2D eigenvalue weighted by Gasteiger charge is -2.28. The molecule has 1 aromatic rings. The Morgan fingerprint density at radius 2 is 2.00 bits per heavy atom. The molecule has 21 heavy (non-hydrogen) atoms. The van der Waals surface area contributed by atoms with Crippen molar-refractivity contribution in [2.75, 3.05) is 45.9 Å². The predicted molar refractivity (Wildman–Crippen MR) is 90.4 cm³/mol. The van der Waals surface area contributed by atoms with Gasteiger partial charge in [0.05, 0.1) is 13.2 Å². The second-order valence-electron chi connectivity index (χ2n) is 5.19. The third kappa shape index (κ3) is 5.61. The van der Waals surface area contributed by atoms with Crippen LogP contribution in [0.4, 0.5) is 0 Å². The fourth-order valence-corrected chi connectivity index (χ4v) is 2.68. The van der Waals surface area contributed by atoms with Gasteiger partial charge in [0.15, 0.2) is 5.11 Å². The fraction of sp³-hybridized carbons (Fsp3) is 0.562. The van der Waals surface area contributed by atoms with Crippen molar-refractivity contribution < 1.29 is 4.74 Å². The van der Waals surface area contributed by atoms with Crippen molar-refractivity contribution in [3.63, 3.8) is 0 Å². The second-order valence-corrected chi connectivity index (χ2v) is 5.57. The minimum atomic E-state index is 0.842. The molecule has 0 unspecified atom stereocenters. The Morgan fingerprint density at radius 3 is 2.67 bits per heavy atom. The van der Waals surface area contributed by atoms with Crippen LogP contribution in [0.1, 0.15) is 12.5 Å². The zero-order valence-corrected chi connectivity index (χ0v) is 13.6. The van der Waals surface area contributed by atoms with Gasteiger partial charge in [-0.25, -0.2) is 0 Å². The molecular formula is C16H25N3OS. The lowest BCUT2D eigenvalue weighted by Crippen LogP contribution is -2.44. The summed E-state index contributed by atoms with van der Waals surface area (Å²) in [5.74, 6) is 0. The molecule has 2 rings (SSSR count). The topological polar surface area (TPSA) is 27.7 Å². The number of morpholine rings is 1. The molecule has 1 aliphatic heterocycles. The Balaban J connectivity index is 1.72. The van der Waals surface area contributed by atoms with Gasteiger partial charge in [0.25, 0.3) is 0 Å². The Labute approximate surface area is 133 Å². The van der Waals surface area contributed by atoms with Crippen LogP contribution >= 0.6 is 12.2 Å². The fourth-order valence-electron chi connectivity index (χ4n) is 2.39. The lowest BCUT2D eigenvalue weighted by atomic mass is 10.2. The van der Waals surface area contributed by atoms with Gasteiger partial charge in [-0.15, -0.1) is 0 Å². The maximum Gasteiger partial charge on any atom is 0.169 e. The summed E-state index contributed by atoms with van der Waals surface area (Å²) in [5, 5.41) is 4.22. The molecule has 1 saturated heterocycles. The summed E-state index contributed by atoms with van der Waals surface area (Å²) < 4.78 is 5.35. The van der Waals surface area contributed by atoms with Crippen molar-refractivity contribution in [1.82, 2.24) is 15.1 Å². The summed E-state index contributed by atoms with van der Waals surface area (Å²) in [4.78, 5) is 4.61. The minimum Gasteiger partial charge on any atom is -0.379 e. The zero-order chi connectivity index (χ0) is 14.9. The monoisotopic (exact) mass is 307 g/mol. The van der Waals surface area contributed by atoms with Crippen LogP contribution in [0.25, 0.3) is 0 Å². The summed E-state index contributed by atoms with van der Waals surface area (Å²) in [6, 6.07) is 10.5. The summed E-state index contributed by atoms with van der Waals surface area (Å²) in [7, 11) is 0. The molecule has 0 spiro atoms. The van der Waals surface area contributed by atoms with Gasteiger partial charge in [-0.2, -0.15) is 0 Å². The maximum atomic E-state index is 5.51. The molecule has 0 amide bonds. The van der Waals surface area contributed by atoms with Crippen LogP contribution in [0, 0.1) is 0 Å². The Bertz CT molecular complexity index is 421. The number of thiocarbonyl (C=S) groups is 1. The molecule has 4 nitrogen and oxygen atoms in total. The molecule has 0 saturated carbocycles. The first-order valence-corrected chi connectivity index (χ1v) is 8.07. The minimum absolute atomic E-state index is 0.842. The van der Waals surface area contributed by atoms with E-state index in [0.29, 0.717) is 0 Å². The molecule has 0 aromatic heterocycles. The van der Waals surface area contributed by atoms with Crippen LogP contribution in [0.5, 0.6) is 0 Å². The number of nitrogens with one attached hydrogen (secondary N) is 1. The van der Waals surface area contributed by atoms with E-state index >= 15 is 0 Å². The first-order valence-electron chi connectivity index (χ1n) is 7.66. The van der Waals surface area contributed by atoms with E-state index < -0.39 is 0 Å². The molecule has 0 atom stereocenters. The van der Waals surface area contributed by atoms with Crippen molar-refractivity contribution in [3.05, 3.63) is 35.9 Å². The van der Waals surface area contributed by atoms with Crippen molar-refractivity contribution in [2.45, 2.75) is 13.5 Å². The van der Waals surface area contributed by atoms with Gasteiger partial charge in [0, 0.05) is 39.3 Å². The molecule has 1 fully saturated rings. The molecule has 0 radical (unpaired) electrons. The zero-order valence-electron chi connectivity index (χ0n) is 12.8. The van der Waals surface area contributed by atoms with E-state index in [0.717, 1.165) is 57.6 Å². The average Bonchev–Trinajstić information content (AvgIpc) is 2.54. The number of rotatable bonds is 6. The summed E-state index contributed by atoms with van der Waals surface area (Å²) in [6.45, 7) is 9.57. The van der Waals surface area contributed by atoms with Gasteiger partial charge in [0.2, 0.25) is 0 Å². The van der Waals surface area contributed by atoms with Crippen molar-refractivity contribution >= 4 is 17.3 Å². The summed E-state index contributed by atoms with van der Waals surface area (Å²) in [5.41, 5.74) is 1.29. The largest absolute Gasteiger partial charge is 0.379 e. The highest BCUT2D eigenvalue weighted by Crippen LogP contribution is 2.04. The van der Waals surface area contributed by atoms with Crippen molar-refractivity contribution in [3.8, 4) is 0 Å². The van der Waals surface area contributed by atoms with Crippen LogP contribution in [-0.2, 0) is 11.3 Å². The van der Waals surface area contributed by atoms with Gasteiger partial charge in [-0.3, -0.25) is 4.90 Å². The summed E-state index contributed by atoms with van der Waals surface area (Å²) in [6.07, 6.45) is 0. The van der Waals surface area contributed by atoms with Crippen LogP contribution in [0.15, 0.2) is 30.3 Å². The number of hydrogen-bond donors (Lipinski definition) is 1. The third-order valence-electron chi connectivity index (χ3n) is 3.69. The smallest absolute Gasteiger partial charge is 0.169 e. The van der Waals surface area contributed by atoms with Gasteiger partial charge >= 0.3 is 0 Å². The molecule has 1 N–H and O–H groups in total. The van der Waals surface area contributed by atoms with Gasteiger partial charge in [0.1, 0.15) is 0 Å². The Morgan fingerprint density at radius 1 is 1.29 bits per heavy atom. The van der Waals surface area contributed by atoms with Gasteiger partial charge in [-0.1, -0.05) is 30.3 Å². The molecule has 5 heteroatoms. The highest BCUT2D eigenvalue weighted by atomic mass is 32.1. The molecule has 0 bridgehead atoms. The highest BCUT2D eigenvalue weighted by molar-refractivity contribution is 7.80. The standard InChI is InChI=1S/C16H25N3OS/c1-2-19(14-15-6-4-3-5-7-15)16(21)17-8-9-18-10-12-20-13-11-18/h3-7H,2,8-14H2,1H3,(H,17,21). The van der Waals surface area contributed by atoms with E-state index in [1.165, 1.54) is 5.56 Å².